The van der Waals surface area contributed by atoms with Gasteiger partial charge in [0.05, 0.1) is 0 Å². The molecule has 0 radical (unpaired) electrons. The quantitative estimate of drug-likeness (QED) is 0.345. The molecule has 0 amide bonds. The molecule has 9 nitrogen and oxygen atoms in total. The summed E-state index contributed by atoms with van der Waals surface area (Å²) in [6, 6.07) is 3.61. The number of esters is 4. The van der Waals surface area contributed by atoms with Crippen LogP contribution in [-0.2, 0) is 35.1 Å². The number of benzene rings is 1. The molecule has 1 unspecified atom stereocenters. The molecule has 2 N–H and O–H groups in total. The number of hydrogen-bond donors (Lipinski definition) is 1. The maximum absolute atomic E-state index is 12.3. The Morgan fingerprint density at radius 1 is 0.909 bits per heavy atom. The second-order valence-electron chi connectivity index (χ2n) is 7.90. The predicted molar refractivity (Wildman–Crippen MR) is 121 cm³/mol. The lowest BCUT2D eigenvalue weighted by Gasteiger charge is -2.17. The highest BCUT2D eigenvalue weighted by atomic mass is 16.6. The molecular weight excluding hydrogens is 430 g/mol. The minimum atomic E-state index is -0.994. The minimum Gasteiger partial charge on any atom is -0.461 e. The van der Waals surface area contributed by atoms with Gasteiger partial charge in [-0.25, -0.2) is 0 Å². The van der Waals surface area contributed by atoms with Crippen LogP contribution in [0.2, 0.25) is 0 Å². The van der Waals surface area contributed by atoms with Gasteiger partial charge in [0, 0.05) is 19.3 Å². The van der Waals surface area contributed by atoms with Gasteiger partial charge in [-0.2, -0.15) is 0 Å². The van der Waals surface area contributed by atoms with Gasteiger partial charge < -0.3 is 24.7 Å². The minimum absolute atomic E-state index is 0.0727. The van der Waals surface area contributed by atoms with Crippen LogP contribution in [0, 0.1) is 5.92 Å². The van der Waals surface area contributed by atoms with Crippen molar-refractivity contribution in [2.45, 2.75) is 78.9 Å². The zero-order valence-electron chi connectivity index (χ0n) is 20.1. The van der Waals surface area contributed by atoms with Crippen molar-refractivity contribution in [3.05, 3.63) is 23.8 Å². The molecule has 1 aromatic rings. The van der Waals surface area contributed by atoms with Crippen molar-refractivity contribution in [3.63, 3.8) is 0 Å². The smallest absolute Gasteiger partial charge is 0.323 e. The number of carbonyl (C=O) groups is 4. The standard InChI is InChI=1S/C24H35NO8/c1-6-15(4)11-23(28)31-16(5)14-30-24(29)18(25)12-17-9-10-19(32-21(26)7-2)20(13-17)33-22(27)8-3/h9-10,13,15-16,18H,6-8,11-12,14,25H2,1-5H3/t15?,16-,18-/m0/s1. The van der Waals surface area contributed by atoms with E-state index in [1.807, 2.05) is 13.8 Å². The number of carbonyl (C=O) groups excluding carboxylic acids is 4. The summed E-state index contributed by atoms with van der Waals surface area (Å²) in [6.07, 6.45) is 0.977. The molecule has 0 fully saturated rings. The van der Waals surface area contributed by atoms with Crippen molar-refractivity contribution in [3.8, 4) is 11.5 Å². The zero-order chi connectivity index (χ0) is 25.0. The molecule has 3 atom stereocenters. The van der Waals surface area contributed by atoms with Crippen LogP contribution < -0.4 is 15.2 Å². The highest BCUT2D eigenvalue weighted by Gasteiger charge is 2.20. The Morgan fingerprint density at radius 2 is 1.52 bits per heavy atom. The molecule has 0 aliphatic rings. The fraction of sp³-hybridized carbons (Fsp3) is 0.583. The van der Waals surface area contributed by atoms with Crippen LogP contribution in [-0.4, -0.2) is 42.6 Å². The molecule has 0 saturated heterocycles. The summed E-state index contributed by atoms with van der Waals surface area (Å²) < 4.78 is 20.9. The summed E-state index contributed by atoms with van der Waals surface area (Å²) in [5.74, 6) is -1.57. The molecule has 1 aromatic carbocycles. The number of rotatable bonds is 13. The van der Waals surface area contributed by atoms with Gasteiger partial charge in [0.2, 0.25) is 0 Å². The molecule has 0 saturated carbocycles. The van der Waals surface area contributed by atoms with Crippen molar-refractivity contribution >= 4 is 23.9 Å². The first-order valence-corrected chi connectivity index (χ1v) is 11.2. The van der Waals surface area contributed by atoms with E-state index in [0.29, 0.717) is 12.0 Å². The van der Waals surface area contributed by atoms with Crippen LogP contribution in [0.1, 0.15) is 65.9 Å². The van der Waals surface area contributed by atoms with Gasteiger partial charge in [0.15, 0.2) is 11.5 Å². The molecular formula is C24H35NO8. The Kier molecular flexibility index (Phi) is 12.1. The molecule has 33 heavy (non-hydrogen) atoms. The molecule has 0 heterocycles. The average molecular weight is 466 g/mol. The first-order chi connectivity index (χ1) is 15.6. The third-order valence-corrected chi connectivity index (χ3v) is 4.80. The second kappa shape index (κ2) is 14.3. The topological polar surface area (TPSA) is 131 Å². The number of ether oxygens (including phenoxy) is 4. The van der Waals surface area contributed by atoms with E-state index in [-0.39, 0.29) is 49.3 Å². The number of nitrogens with two attached hydrogens (primary N) is 1. The van der Waals surface area contributed by atoms with Crippen LogP contribution in [0.4, 0.5) is 0 Å². The molecule has 0 spiro atoms. The highest BCUT2D eigenvalue weighted by Crippen LogP contribution is 2.30. The lowest BCUT2D eigenvalue weighted by molar-refractivity contribution is -0.159. The third kappa shape index (κ3) is 10.5. The van der Waals surface area contributed by atoms with E-state index in [2.05, 4.69) is 0 Å². The van der Waals surface area contributed by atoms with Gasteiger partial charge in [-0.1, -0.05) is 40.2 Å². The Labute approximate surface area is 194 Å². The van der Waals surface area contributed by atoms with E-state index in [1.165, 1.54) is 12.1 Å². The van der Waals surface area contributed by atoms with E-state index in [9.17, 15) is 19.2 Å². The molecule has 0 aromatic heterocycles. The lowest BCUT2D eigenvalue weighted by atomic mass is 10.1. The van der Waals surface area contributed by atoms with Crippen molar-refractivity contribution in [1.82, 2.24) is 0 Å². The molecule has 1 rings (SSSR count). The first-order valence-electron chi connectivity index (χ1n) is 11.2. The normalized spacial score (nSPS) is 13.4. The lowest BCUT2D eigenvalue weighted by Crippen LogP contribution is -2.36. The number of hydrogen-bond acceptors (Lipinski definition) is 9. The molecule has 0 bridgehead atoms. The zero-order valence-corrected chi connectivity index (χ0v) is 20.1. The maximum atomic E-state index is 12.3. The molecule has 0 aliphatic heterocycles. The van der Waals surface area contributed by atoms with Crippen molar-refractivity contribution in [2.75, 3.05) is 6.61 Å². The van der Waals surface area contributed by atoms with Crippen LogP contribution in [0.3, 0.4) is 0 Å². The Hall–Kier alpha value is -2.94. The van der Waals surface area contributed by atoms with Crippen LogP contribution >= 0.6 is 0 Å². The fourth-order valence-electron chi connectivity index (χ4n) is 2.61. The predicted octanol–water partition coefficient (Wildman–Crippen LogP) is 3.10. The van der Waals surface area contributed by atoms with Crippen molar-refractivity contribution in [2.24, 2.45) is 11.7 Å². The van der Waals surface area contributed by atoms with Gasteiger partial charge in [-0.15, -0.1) is 0 Å². The van der Waals surface area contributed by atoms with Gasteiger partial charge in [0.25, 0.3) is 0 Å². The molecule has 9 heteroatoms. The Balaban J connectivity index is 2.70. The van der Waals surface area contributed by atoms with E-state index in [4.69, 9.17) is 24.7 Å². The van der Waals surface area contributed by atoms with E-state index < -0.39 is 30.1 Å². The van der Waals surface area contributed by atoms with E-state index >= 15 is 0 Å². The summed E-state index contributed by atoms with van der Waals surface area (Å²) in [4.78, 5) is 47.5. The van der Waals surface area contributed by atoms with Gasteiger partial charge >= 0.3 is 23.9 Å². The Morgan fingerprint density at radius 3 is 2.09 bits per heavy atom. The Bertz CT molecular complexity index is 823. The third-order valence-electron chi connectivity index (χ3n) is 4.80. The van der Waals surface area contributed by atoms with Crippen molar-refractivity contribution < 1.29 is 38.1 Å². The van der Waals surface area contributed by atoms with Crippen molar-refractivity contribution in [1.29, 1.82) is 0 Å². The fourth-order valence-corrected chi connectivity index (χ4v) is 2.61. The van der Waals surface area contributed by atoms with Gasteiger partial charge in [0.1, 0.15) is 18.8 Å². The average Bonchev–Trinajstić information content (AvgIpc) is 2.78. The van der Waals surface area contributed by atoms with E-state index in [0.717, 1.165) is 6.42 Å². The molecule has 184 valence electrons. The summed E-state index contributed by atoms with van der Waals surface area (Å²) >= 11 is 0. The maximum Gasteiger partial charge on any atom is 0.323 e. The molecule has 0 aliphatic carbocycles. The summed E-state index contributed by atoms with van der Waals surface area (Å²) in [5.41, 5.74) is 6.55. The van der Waals surface area contributed by atoms with Crippen LogP contribution in [0.5, 0.6) is 11.5 Å². The summed E-state index contributed by atoms with van der Waals surface area (Å²) in [7, 11) is 0. The summed E-state index contributed by atoms with van der Waals surface area (Å²) in [5, 5.41) is 0. The monoisotopic (exact) mass is 465 g/mol. The largest absolute Gasteiger partial charge is 0.461 e. The summed E-state index contributed by atoms with van der Waals surface area (Å²) in [6.45, 7) is 8.76. The highest BCUT2D eigenvalue weighted by molar-refractivity contribution is 5.77. The van der Waals surface area contributed by atoms with E-state index in [1.54, 1.807) is 26.8 Å². The van der Waals surface area contributed by atoms with Crippen LogP contribution in [0.15, 0.2) is 18.2 Å². The van der Waals surface area contributed by atoms with Gasteiger partial charge in [-0.05, 0) is 37.0 Å². The first kappa shape index (κ1) is 28.1. The second-order valence-corrected chi connectivity index (χ2v) is 7.90. The SMILES string of the molecule is CCC(=O)Oc1ccc(C[C@H](N)C(=O)OC[C@H](C)OC(=O)CC(C)CC)cc1OC(=O)CC. The van der Waals surface area contributed by atoms with Gasteiger partial charge in [-0.3, -0.25) is 19.2 Å². The van der Waals surface area contributed by atoms with Crippen LogP contribution in [0.25, 0.3) is 0 Å².